The first-order valence-electron chi connectivity index (χ1n) is 6.86. The summed E-state index contributed by atoms with van der Waals surface area (Å²) in [5, 5.41) is 3.32. The molecule has 2 aromatic rings. The van der Waals surface area contributed by atoms with E-state index in [0.29, 0.717) is 5.69 Å². The number of fused-ring (bicyclic) bond motifs is 1. The summed E-state index contributed by atoms with van der Waals surface area (Å²) >= 11 is 0. The van der Waals surface area contributed by atoms with Gasteiger partial charge in [-0.2, -0.15) is 0 Å². The third-order valence-electron chi connectivity index (χ3n) is 3.52. The van der Waals surface area contributed by atoms with Crippen LogP contribution in [0.4, 0.5) is 4.39 Å². The normalized spacial score (nSPS) is 14.4. The van der Waals surface area contributed by atoms with Gasteiger partial charge in [0.05, 0.1) is 11.4 Å². The van der Waals surface area contributed by atoms with E-state index in [-0.39, 0.29) is 5.82 Å². The zero-order chi connectivity index (χ0) is 13.2. The molecule has 0 radical (unpaired) electrons. The summed E-state index contributed by atoms with van der Waals surface area (Å²) in [6.07, 6.45) is 2.79. The van der Waals surface area contributed by atoms with Crippen molar-refractivity contribution in [3.63, 3.8) is 0 Å². The summed E-state index contributed by atoms with van der Waals surface area (Å²) in [7, 11) is 0. The van der Waals surface area contributed by atoms with Gasteiger partial charge in [0.1, 0.15) is 11.6 Å². The molecule has 2 heterocycles. The Bertz CT molecular complexity index is 589. The quantitative estimate of drug-likeness (QED) is 0.918. The number of aryl methyl sites for hydroxylation is 1. The van der Waals surface area contributed by atoms with Crippen molar-refractivity contribution in [1.29, 1.82) is 0 Å². The van der Waals surface area contributed by atoms with E-state index in [9.17, 15) is 4.39 Å². The van der Waals surface area contributed by atoms with Crippen LogP contribution >= 0.6 is 0 Å². The van der Waals surface area contributed by atoms with E-state index < -0.39 is 0 Å². The minimum Gasteiger partial charge on any atom is -0.311 e. The maximum Gasteiger partial charge on any atom is 0.147 e. The van der Waals surface area contributed by atoms with Crippen LogP contribution in [0.2, 0.25) is 0 Å². The van der Waals surface area contributed by atoms with Gasteiger partial charge in [0.15, 0.2) is 0 Å². The first-order chi connectivity index (χ1) is 9.31. The molecule has 0 aliphatic carbocycles. The lowest BCUT2D eigenvalue weighted by Gasteiger charge is -2.16. The van der Waals surface area contributed by atoms with Gasteiger partial charge < -0.3 is 5.32 Å². The highest BCUT2D eigenvalue weighted by atomic mass is 19.1. The van der Waals surface area contributed by atoms with E-state index in [1.807, 2.05) is 16.7 Å². The van der Waals surface area contributed by atoms with Crippen LogP contribution in [0.5, 0.6) is 0 Å². The molecule has 1 N–H and O–H groups in total. The van der Waals surface area contributed by atoms with E-state index in [0.717, 1.165) is 49.6 Å². The second-order valence-corrected chi connectivity index (χ2v) is 4.89. The van der Waals surface area contributed by atoms with Crippen molar-refractivity contribution in [3.05, 3.63) is 47.3 Å². The van der Waals surface area contributed by atoms with E-state index in [1.165, 1.54) is 6.07 Å². The molecule has 0 atom stereocenters. The molecule has 0 unspecified atom stereocenters. The molecule has 3 nitrogen and oxygen atoms in total. The molecule has 4 heteroatoms. The monoisotopic (exact) mass is 259 g/mol. The smallest absolute Gasteiger partial charge is 0.147 e. The Morgan fingerprint density at radius 3 is 3.00 bits per heavy atom. The number of para-hydroxylation sites is 1. The van der Waals surface area contributed by atoms with Crippen LogP contribution in [0.25, 0.3) is 5.69 Å². The highest BCUT2D eigenvalue weighted by Gasteiger charge is 2.21. The molecule has 0 fully saturated rings. The lowest BCUT2D eigenvalue weighted by atomic mass is 10.1. The second kappa shape index (κ2) is 5.13. The predicted octanol–water partition coefficient (Wildman–Crippen LogP) is 2.61. The Morgan fingerprint density at radius 1 is 1.37 bits per heavy atom. The number of imidazole rings is 1. The first kappa shape index (κ1) is 12.4. The molecule has 3 rings (SSSR count). The molecule has 0 spiro atoms. The van der Waals surface area contributed by atoms with Gasteiger partial charge in [-0.15, -0.1) is 0 Å². The molecule has 1 aromatic carbocycles. The van der Waals surface area contributed by atoms with E-state index >= 15 is 0 Å². The van der Waals surface area contributed by atoms with E-state index in [4.69, 9.17) is 4.98 Å². The van der Waals surface area contributed by atoms with Gasteiger partial charge in [0, 0.05) is 31.6 Å². The summed E-state index contributed by atoms with van der Waals surface area (Å²) < 4.78 is 16.1. The number of rotatable bonds is 3. The van der Waals surface area contributed by atoms with Gasteiger partial charge >= 0.3 is 0 Å². The third-order valence-corrected chi connectivity index (χ3v) is 3.52. The van der Waals surface area contributed by atoms with Crippen LogP contribution < -0.4 is 5.32 Å². The molecule has 1 aromatic heterocycles. The Balaban J connectivity index is 2.18. The largest absolute Gasteiger partial charge is 0.311 e. The van der Waals surface area contributed by atoms with Crippen molar-refractivity contribution in [3.8, 4) is 5.69 Å². The first-order valence-corrected chi connectivity index (χ1v) is 6.86. The zero-order valence-corrected chi connectivity index (χ0v) is 11.1. The van der Waals surface area contributed by atoms with Crippen LogP contribution in [0.3, 0.4) is 0 Å². The Hall–Kier alpha value is -1.68. The van der Waals surface area contributed by atoms with Gasteiger partial charge in [-0.1, -0.05) is 19.1 Å². The fourth-order valence-corrected chi connectivity index (χ4v) is 2.68. The zero-order valence-electron chi connectivity index (χ0n) is 11.1. The summed E-state index contributed by atoms with van der Waals surface area (Å²) in [6, 6.07) is 6.95. The molecule has 19 heavy (non-hydrogen) atoms. The standard InChI is InChI=1S/C15H18FN3/c1-2-5-15-18-12-10-17-9-8-14(12)19(15)13-7-4-3-6-11(13)16/h3-4,6-7,17H,2,5,8-10H2,1H3. The van der Waals surface area contributed by atoms with Crippen LogP contribution in [0.15, 0.2) is 24.3 Å². The molecular formula is C15H18FN3. The Labute approximate surface area is 112 Å². The van der Waals surface area contributed by atoms with Crippen LogP contribution in [0, 0.1) is 5.82 Å². The molecule has 0 saturated carbocycles. The van der Waals surface area contributed by atoms with E-state index in [1.54, 1.807) is 6.07 Å². The SMILES string of the molecule is CCCc1nc2c(n1-c1ccccc1F)CCNC2. The van der Waals surface area contributed by atoms with Crippen molar-refractivity contribution in [2.75, 3.05) is 6.54 Å². The fraction of sp³-hybridized carbons (Fsp3) is 0.400. The minimum atomic E-state index is -0.182. The number of nitrogens with zero attached hydrogens (tertiary/aromatic N) is 2. The van der Waals surface area contributed by atoms with Gasteiger partial charge in [-0.3, -0.25) is 4.57 Å². The summed E-state index contributed by atoms with van der Waals surface area (Å²) in [5.41, 5.74) is 2.85. The number of hydrogen-bond acceptors (Lipinski definition) is 2. The lowest BCUT2D eigenvalue weighted by molar-refractivity contribution is 0.597. The number of aromatic nitrogens is 2. The van der Waals surface area contributed by atoms with E-state index in [2.05, 4.69) is 12.2 Å². The predicted molar refractivity (Wildman–Crippen MR) is 72.9 cm³/mol. The highest BCUT2D eigenvalue weighted by Crippen LogP contribution is 2.24. The third kappa shape index (κ3) is 2.16. The number of benzene rings is 1. The number of hydrogen-bond donors (Lipinski definition) is 1. The molecular weight excluding hydrogens is 241 g/mol. The Kier molecular flexibility index (Phi) is 3.34. The summed E-state index contributed by atoms with van der Waals surface area (Å²) in [6.45, 7) is 3.84. The van der Waals surface area contributed by atoms with Crippen molar-refractivity contribution >= 4 is 0 Å². The van der Waals surface area contributed by atoms with Gasteiger partial charge in [0.25, 0.3) is 0 Å². The topological polar surface area (TPSA) is 29.9 Å². The summed E-state index contributed by atoms with van der Waals surface area (Å²) in [5.74, 6) is 0.792. The van der Waals surface area contributed by atoms with Gasteiger partial charge in [0.2, 0.25) is 0 Å². The van der Waals surface area contributed by atoms with Crippen molar-refractivity contribution in [1.82, 2.24) is 14.9 Å². The van der Waals surface area contributed by atoms with Gasteiger partial charge in [-0.25, -0.2) is 9.37 Å². The molecule has 0 amide bonds. The van der Waals surface area contributed by atoms with Crippen molar-refractivity contribution < 1.29 is 4.39 Å². The highest BCUT2D eigenvalue weighted by molar-refractivity contribution is 5.39. The van der Waals surface area contributed by atoms with Crippen LogP contribution in [-0.2, 0) is 19.4 Å². The maximum atomic E-state index is 14.1. The average molecular weight is 259 g/mol. The molecule has 1 aliphatic rings. The second-order valence-electron chi connectivity index (χ2n) is 4.89. The Morgan fingerprint density at radius 2 is 2.21 bits per heavy atom. The van der Waals surface area contributed by atoms with Crippen LogP contribution in [-0.4, -0.2) is 16.1 Å². The van der Waals surface area contributed by atoms with Gasteiger partial charge in [-0.05, 0) is 18.6 Å². The van der Waals surface area contributed by atoms with Crippen LogP contribution in [0.1, 0.15) is 30.6 Å². The number of nitrogens with one attached hydrogen (secondary N) is 1. The molecule has 1 aliphatic heterocycles. The van der Waals surface area contributed by atoms with Crippen molar-refractivity contribution in [2.45, 2.75) is 32.7 Å². The number of halogens is 1. The lowest BCUT2D eigenvalue weighted by Crippen LogP contribution is -2.25. The molecule has 100 valence electrons. The maximum absolute atomic E-state index is 14.1. The molecule has 0 saturated heterocycles. The average Bonchev–Trinajstić information content (AvgIpc) is 2.78. The minimum absolute atomic E-state index is 0.182. The fourth-order valence-electron chi connectivity index (χ4n) is 2.68. The van der Waals surface area contributed by atoms with Crippen molar-refractivity contribution in [2.24, 2.45) is 0 Å². The summed E-state index contributed by atoms with van der Waals surface area (Å²) in [4.78, 5) is 4.69. The molecule has 0 bridgehead atoms.